The predicted molar refractivity (Wildman–Crippen MR) is 121 cm³/mol. The highest BCUT2D eigenvalue weighted by Gasteiger charge is 2.39. The highest BCUT2D eigenvalue weighted by molar-refractivity contribution is 5.95. The van der Waals surface area contributed by atoms with Gasteiger partial charge >= 0.3 is 6.18 Å². The van der Waals surface area contributed by atoms with E-state index in [4.69, 9.17) is 5.73 Å². The molecule has 0 unspecified atom stereocenters. The molecule has 1 saturated heterocycles. The van der Waals surface area contributed by atoms with Crippen molar-refractivity contribution in [2.75, 3.05) is 29.0 Å². The molecule has 7 nitrogen and oxygen atoms in total. The molecule has 1 aliphatic heterocycles. The molecule has 0 spiro atoms. The summed E-state index contributed by atoms with van der Waals surface area (Å²) in [5.74, 6) is -2.77. The van der Waals surface area contributed by atoms with Gasteiger partial charge in [-0.25, -0.2) is 13.8 Å². The van der Waals surface area contributed by atoms with Crippen LogP contribution < -0.4 is 21.5 Å². The molecule has 1 aromatic carbocycles. The summed E-state index contributed by atoms with van der Waals surface area (Å²) < 4.78 is 68.6. The standard InChI is InChI=1S/C23H21F5N6O/c1-12(13-5-15(23(26,27)28)7-16(30)6-13)32-20-17-8-18(34-4-3-22(24,25)11-34)21(35)33(2)19(17)14(9-29)10-31-20/h5-8,10,12H,3-4,11,30H2,1-2H3,(H,31,32)/t12-/m1/s1. The monoisotopic (exact) mass is 492 g/mol. The molecule has 12 heteroatoms. The van der Waals surface area contributed by atoms with Gasteiger partial charge in [-0.1, -0.05) is 0 Å². The molecule has 0 amide bonds. The number of hydrogen-bond donors (Lipinski definition) is 2. The largest absolute Gasteiger partial charge is 0.416 e. The smallest absolute Gasteiger partial charge is 0.399 e. The Morgan fingerprint density at radius 3 is 2.57 bits per heavy atom. The number of benzene rings is 1. The minimum atomic E-state index is -4.59. The number of nitrogen functional groups attached to an aromatic ring is 1. The van der Waals surface area contributed by atoms with E-state index in [2.05, 4.69) is 10.3 Å². The fraction of sp³-hybridized carbons (Fsp3) is 0.348. The molecule has 35 heavy (non-hydrogen) atoms. The van der Waals surface area contributed by atoms with E-state index in [-0.39, 0.29) is 40.4 Å². The molecule has 0 aliphatic carbocycles. The third kappa shape index (κ3) is 4.58. The highest BCUT2D eigenvalue weighted by Crippen LogP contribution is 2.35. The molecule has 184 valence electrons. The van der Waals surface area contributed by atoms with E-state index < -0.39 is 42.2 Å². The van der Waals surface area contributed by atoms with Crippen molar-refractivity contribution >= 4 is 28.1 Å². The van der Waals surface area contributed by atoms with Gasteiger partial charge in [-0.15, -0.1) is 0 Å². The average molecular weight is 492 g/mol. The number of aromatic nitrogens is 2. The summed E-state index contributed by atoms with van der Waals surface area (Å²) in [4.78, 5) is 18.5. The zero-order valence-corrected chi connectivity index (χ0v) is 18.7. The molecule has 0 radical (unpaired) electrons. The summed E-state index contributed by atoms with van der Waals surface area (Å²) in [6.45, 7) is 0.953. The van der Waals surface area contributed by atoms with E-state index >= 15 is 0 Å². The van der Waals surface area contributed by atoms with E-state index in [1.54, 1.807) is 6.92 Å². The quantitative estimate of drug-likeness (QED) is 0.413. The third-order valence-electron chi connectivity index (χ3n) is 6.02. The number of hydrogen-bond acceptors (Lipinski definition) is 6. The number of fused-ring (bicyclic) bond motifs is 1. The average Bonchev–Trinajstić information content (AvgIpc) is 3.14. The first-order chi connectivity index (χ1) is 16.3. The van der Waals surface area contributed by atoms with Gasteiger partial charge in [-0.2, -0.15) is 18.4 Å². The Morgan fingerprint density at radius 1 is 1.26 bits per heavy atom. The summed E-state index contributed by atoms with van der Waals surface area (Å²) in [6, 6.07) is 5.84. The van der Waals surface area contributed by atoms with Gasteiger partial charge in [0.15, 0.2) is 0 Å². The van der Waals surface area contributed by atoms with Crippen LogP contribution >= 0.6 is 0 Å². The number of nitrogens with one attached hydrogen (secondary N) is 1. The fourth-order valence-electron chi connectivity index (χ4n) is 4.23. The normalized spacial score (nSPS) is 16.3. The molecule has 0 saturated carbocycles. The lowest BCUT2D eigenvalue weighted by Crippen LogP contribution is -2.32. The van der Waals surface area contributed by atoms with E-state index in [0.717, 1.165) is 12.1 Å². The zero-order chi connectivity index (χ0) is 25.7. The van der Waals surface area contributed by atoms with Gasteiger partial charge in [-0.05, 0) is 36.8 Å². The van der Waals surface area contributed by atoms with E-state index in [9.17, 15) is 32.0 Å². The number of nitriles is 1. The lowest BCUT2D eigenvalue weighted by atomic mass is 10.0. The Kier molecular flexibility index (Phi) is 5.82. The lowest BCUT2D eigenvalue weighted by Gasteiger charge is -2.22. The Balaban J connectivity index is 1.82. The first-order valence-electron chi connectivity index (χ1n) is 10.6. The first kappa shape index (κ1) is 24.3. The van der Waals surface area contributed by atoms with Gasteiger partial charge in [-0.3, -0.25) is 4.79 Å². The predicted octanol–water partition coefficient (Wildman–Crippen LogP) is 4.42. The van der Waals surface area contributed by atoms with Crippen LogP contribution in [0.15, 0.2) is 35.3 Å². The summed E-state index contributed by atoms with van der Waals surface area (Å²) >= 11 is 0. The summed E-state index contributed by atoms with van der Waals surface area (Å²) in [6.07, 6.45) is -3.75. The maximum atomic E-state index is 13.8. The second kappa shape index (κ2) is 8.41. The number of halogens is 5. The van der Waals surface area contributed by atoms with Gasteiger partial charge in [0.05, 0.1) is 29.2 Å². The van der Waals surface area contributed by atoms with Crippen molar-refractivity contribution in [3.8, 4) is 6.07 Å². The van der Waals surface area contributed by atoms with Gasteiger partial charge in [0, 0.05) is 37.3 Å². The summed E-state index contributed by atoms with van der Waals surface area (Å²) in [5.41, 5.74) is 4.72. The van der Waals surface area contributed by atoms with Gasteiger partial charge in [0.25, 0.3) is 11.5 Å². The van der Waals surface area contributed by atoms with Gasteiger partial charge in [0.1, 0.15) is 17.6 Å². The van der Waals surface area contributed by atoms with Crippen molar-refractivity contribution in [1.29, 1.82) is 5.26 Å². The summed E-state index contributed by atoms with van der Waals surface area (Å²) in [5, 5.41) is 12.8. The Hall–Kier alpha value is -3.88. The molecule has 1 aliphatic rings. The maximum Gasteiger partial charge on any atom is 0.416 e. The highest BCUT2D eigenvalue weighted by atomic mass is 19.4. The number of nitrogens with zero attached hydrogens (tertiary/aromatic N) is 4. The van der Waals surface area contributed by atoms with Gasteiger partial charge < -0.3 is 20.5 Å². The first-order valence-corrected chi connectivity index (χ1v) is 10.6. The van der Waals surface area contributed by atoms with E-state index in [0.29, 0.717) is 5.39 Å². The molecule has 3 N–H and O–H groups in total. The maximum absolute atomic E-state index is 13.8. The van der Waals surface area contributed by atoms with Crippen LogP contribution in [0.5, 0.6) is 0 Å². The molecular formula is C23H21F5N6O. The third-order valence-corrected chi connectivity index (χ3v) is 6.02. The van der Waals surface area contributed by atoms with Crippen molar-refractivity contribution in [3.63, 3.8) is 0 Å². The fourth-order valence-corrected chi connectivity index (χ4v) is 4.23. The number of nitrogens with two attached hydrogens (primary N) is 1. The molecule has 1 fully saturated rings. The second-order valence-corrected chi connectivity index (χ2v) is 8.57. The minimum Gasteiger partial charge on any atom is -0.399 e. The Morgan fingerprint density at radius 2 is 1.97 bits per heavy atom. The molecule has 3 aromatic rings. The van der Waals surface area contributed by atoms with Crippen molar-refractivity contribution in [1.82, 2.24) is 9.55 Å². The number of anilines is 3. The molecule has 3 heterocycles. The summed E-state index contributed by atoms with van der Waals surface area (Å²) in [7, 11) is 1.42. The second-order valence-electron chi connectivity index (χ2n) is 8.57. The van der Waals surface area contributed by atoms with Crippen molar-refractivity contribution in [2.24, 2.45) is 7.05 Å². The van der Waals surface area contributed by atoms with Crippen molar-refractivity contribution in [2.45, 2.75) is 31.5 Å². The molecule has 4 rings (SSSR count). The van der Waals surface area contributed by atoms with Crippen molar-refractivity contribution in [3.05, 3.63) is 57.5 Å². The van der Waals surface area contributed by atoms with Crippen molar-refractivity contribution < 1.29 is 22.0 Å². The molecule has 1 atom stereocenters. The van der Waals surface area contributed by atoms with E-state index in [1.807, 2.05) is 6.07 Å². The molecular weight excluding hydrogens is 471 g/mol. The van der Waals surface area contributed by atoms with Crippen LogP contribution in [-0.2, 0) is 13.2 Å². The van der Waals surface area contributed by atoms with Crippen LogP contribution in [0.2, 0.25) is 0 Å². The SMILES string of the molecule is C[C@@H](Nc1ncc(C#N)c2c1cc(N1CCC(F)(F)C1)c(=O)n2C)c1cc(N)cc(C(F)(F)F)c1. The topological polar surface area (TPSA) is 100.0 Å². The lowest BCUT2D eigenvalue weighted by molar-refractivity contribution is -0.137. The van der Waals surface area contributed by atoms with Crippen LogP contribution in [0.25, 0.3) is 10.9 Å². The van der Waals surface area contributed by atoms with Gasteiger partial charge in [0.2, 0.25) is 0 Å². The number of aryl methyl sites for hydroxylation is 1. The van der Waals surface area contributed by atoms with Crippen LogP contribution in [0, 0.1) is 11.3 Å². The number of rotatable bonds is 4. The van der Waals surface area contributed by atoms with Crippen LogP contribution in [0.1, 0.15) is 36.1 Å². The van der Waals surface area contributed by atoms with Crippen LogP contribution in [0.3, 0.4) is 0 Å². The Bertz CT molecular complexity index is 1410. The number of pyridine rings is 2. The number of alkyl halides is 5. The molecule has 2 aromatic heterocycles. The minimum absolute atomic E-state index is 0.0214. The molecule has 0 bridgehead atoms. The zero-order valence-electron chi connectivity index (χ0n) is 18.7. The van der Waals surface area contributed by atoms with Crippen LogP contribution in [-0.4, -0.2) is 28.6 Å². The van der Waals surface area contributed by atoms with Crippen LogP contribution in [0.4, 0.5) is 39.1 Å². The van der Waals surface area contributed by atoms with E-state index in [1.165, 1.54) is 34.8 Å². The Labute approximate surface area is 196 Å².